The van der Waals surface area contributed by atoms with Gasteiger partial charge in [-0.05, 0) is 0 Å². The predicted octanol–water partition coefficient (Wildman–Crippen LogP) is -1.53. The van der Waals surface area contributed by atoms with Crippen molar-refractivity contribution in [1.29, 1.82) is 0 Å². The van der Waals surface area contributed by atoms with E-state index in [9.17, 15) is 8.53 Å². The normalized spacial score (nSPS) is 11.3. The van der Waals surface area contributed by atoms with Crippen molar-refractivity contribution in [1.82, 2.24) is 0 Å². The van der Waals surface area contributed by atoms with Crippen LogP contribution in [0.1, 0.15) is 6.92 Å². The van der Waals surface area contributed by atoms with Gasteiger partial charge in [-0.25, -0.2) is 0 Å². The zero-order chi connectivity index (χ0) is 6.08. The van der Waals surface area contributed by atoms with Crippen molar-refractivity contribution in [3.8, 4) is 0 Å². The second-order valence-corrected chi connectivity index (χ2v) is 4.67. The van der Waals surface area contributed by atoms with Gasteiger partial charge in [-0.2, -0.15) is 0 Å². The molecule has 0 aromatic carbocycles. The third-order valence-corrected chi connectivity index (χ3v) is 2.13. The van der Waals surface area contributed by atoms with Crippen LogP contribution in [0, 0.1) is 0 Å². The van der Waals surface area contributed by atoms with E-state index < -0.39 is 18.7 Å². The SMILES string of the molecule is CC(=O)[As](=O)(O)O. The first-order valence-electron chi connectivity index (χ1n) is 1.51. The Morgan fingerprint density at radius 3 is 1.71 bits per heavy atom. The summed E-state index contributed by atoms with van der Waals surface area (Å²) in [5, 5.41) is 0. The summed E-state index contributed by atoms with van der Waals surface area (Å²) >= 11 is -4.92. The van der Waals surface area contributed by atoms with Crippen LogP contribution in [0.2, 0.25) is 0 Å². The Morgan fingerprint density at radius 1 is 1.57 bits per heavy atom. The molecule has 0 aliphatic rings. The topological polar surface area (TPSA) is 74.6 Å². The molecule has 0 amide bonds. The number of rotatable bonds is 1. The van der Waals surface area contributed by atoms with Gasteiger partial charge in [-0.3, -0.25) is 0 Å². The average Bonchev–Trinajstić information content (AvgIpc) is 1.31. The molecule has 0 heterocycles. The third-order valence-electron chi connectivity index (χ3n) is 0.410. The van der Waals surface area contributed by atoms with E-state index in [2.05, 4.69) is 0 Å². The molecule has 0 radical (unpaired) electrons. The van der Waals surface area contributed by atoms with Gasteiger partial charge in [0, 0.05) is 0 Å². The van der Waals surface area contributed by atoms with Crippen molar-refractivity contribution < 1.29 is 16.7 Å². The van der Waals surface area contributed by atoms with Crippen molar-refractivity contribution >= 4 is 18.7 Å². The van der Waals surface area contributed by atoms with Crippen LogP contribution in [-0.4, -0.2) is 26.9 Å². The summed E-state index contributed by atoms with van der Waals surface area (Å²) in [6.45, 7) is 0.875. The van der Waals surface area contributed by atoms with E-state index in [-0.39, 0.29) is 0 Å². The summed E-state index contributed by atoms with van der Waals surface area (Å²) in [5.74, 6) is 0. The third kappa shape index (κ3) is 2.62. The molecule has 0 saturated heterocycles. The van der Waals surface area contributed by atoms with E-state index in [4.69, 9.17) is 8.19 Å². The molecular weight excluding hydrogens is 163 g/mol. The van der Waals surface area contributed by atoms with Crippen molar-refractivity contribution in [3.63, 3.8) is 0 Å². The molecule has 4 nitrogen and oxygen atoms in total. The molecule has 0 saturated carbocycles. The second-order valence-electron chi connectivity index (χ2n) is 1.06. The van der Waals surface area contributed by atoms with Gasteiger partial charge in [0.15, 0.2) is 0 Å². The minimum atomic E-state index is -4.92. The molecule has 2 N–H and O–H groups in total. The van der Waals surface area contributed by atoms with Crippen LogP contribution in [0.5, 0.6) is 0 Å². The van der Waals surface area contributed by atoms with Gasteiger partial charge in [0.25, 0.3) is 0 Å². The minimum absolute atomic E-state index is 0.875. The van der Waals surface area contributed by atoms with Crippen LogP contribution in [-0.2, 0) is 8.53 Å². The zero-order valence-electron chi connectivity index (χ0n) is 3.66. The second kappa shape index (κ2) is 1.82. The van der Waals surface area contributed by atoms with Crippen LogP contribution >= 0.6 is 0 Å². The number of hydrogen-bond donors (Lipinski definition) is 2. The summed E-state index contributed by atoms with van der Waals surface area (Å²) in [6.07, 6.45) is 0. The van der Waals surface area contributed by atoms with Crippen molar-refractivity contribution in [3.05, 3.63) is 0 Å². The molecule has 0 fully saturated rings. The molecule has 42 valence electrons. The maximum absolute atomic E-state index is 9.74. The summed E-state index contributed by atoms with van der Waals surface area (Å²) < 4.78 is 24.5. The molecule has 0 bridgehead atoms. The average molecular weight is 168 g/mol. The van der Waals surface area contributed by atoms with E-state index in [1.165, 1.54) is 0 Å². The zero-order valence-corrected chi connectivity index (χ0v) is 5.53. The Kier molecular flexibility index (Phi) is 1.81. The standard InChI is InChI=1S/C2H5AsO4/c1-2(4)3(5,6)7/h1H3,(H2,5,6,7). The Hall–Kier alpha value is -0.0516. The van der Waals surface area contributed by atoms with Gasteiger partial charge in [0.2, 0.25) is 0 Å². The molecule has 0 aromatic heterocycles. The predicted molar refractivity (Wildman–Crippen MR) is 21.6 cm³/mol. The fourth-order valence-electron chi connectivity index (χ4n) is 0. The molecule has 0 rings (SSSR count). The molecule has 7 heavy (non-hydrogen) atoms. The molecule has 0 aromatic rings. The van der Waals surface area contributed by atoms with Crippen LogP contribution < -0.4 is 0 Å². The van der Waals surface area contributed by atoms with E-state index in [0.29, 0.717) is 0 Å². The summed E-state index contributed by atoms with van der Waals surface area (Å²) in [4.78, 5) is 9.73. The van der Waals surface area contributed by atoms with Crippen molar-refractivity contribution in [2.45, 2.75) is 6.92 Å². The molecule has 0 unspecified atom stereocenters. The summed E-state index contributed by atoms with van der Waals surface area (Å²) in [7, 11) is 0. The van der Waals surface area contributed by atoms with Crippen LogP contribution in [0.15, 0.2) is 0 Å². The van der Waals surface area contributed by atoms with Crippen molar-refractivity contribution in [2.24, 2.45) is 0 Å². The van der Waals surface area contributed by atoms with Gasteiger partial charge in [-0.1, -0.05) is 0 Å². The molecule has 0 spiro atoms. The van der Waals surface area contributed by atoms with E-state index >= 15 is 0 Å². The molecule has 5 heteroatoms. The van der Waals surface area contributed by atoms with E-state index in [1.807, 2.05) is 0 Å². The quantitative estimate of drug-likeness (QED) is 0.465. The first-order chi connectivity index (χ1) is 2.94. The van der Waals surface area contributed by atoms with Gasteiger partial charge in [0.05, 0.1) is 0 Å². The van der Waals surface area contributed by atoms with Crippen molar-refractivity contribution in [2.75, 3.05) is 0 Å². The Bertz CT molecular complexity index is 122. The Balaban J connectivity index is 4.09. The molecule has 0 atom stereocenters. The van der Waals surface area contributed by atoms with E-state index in [0.717, 1.165) is 6.92 Å². The van der Waals surface area contributed by atoms with Gasteiger partial charge in [0.1, 0.15) is 0 Å². The summed E-state index contributed by atoms with van der Waals surface area (Å²) in [6, 6.07) is 0. The molecule has 0 aliphatic carbocycles. The van der Waals surface area contributed by atoms with Gasteiger partial charge >= 0.3 is 42.4 Å². The Labute approximate surface area is 43.2 Å². The summed E-state index contributed by atoms with van der Waals surface area (Å²) in [5.41, 5.74) is 0. The molecule has 0 aliphatic heterocycles. The number of hydrogen-bond acceptors (Lipinski definition) is 2. The first-order valence-corrected chi connectivity index (χ1v) is 4.89. The number of carbonyl (C=O) groups is 1. The Morgan fingerprint density at radius 2 is 1.71 bits per heavy atom. The van der Waals surface area contributed by atoms with Crippen LogP contribution in [0.25, 0.3) is 0 Å². The fraction of sp³-hybridized carbons (Fsp3) is 0.500. The van der Waals surface area contributed by atoms with Crippen LogP contribution in [0.3, 0.4) is 0 Å². The fourth-order valence-corrected chi connectivity index (χ4v) is 0. The van der Waals surface area contributed by atoms with E-state index in [1.54, 1.807) is 0 Å². The van der Waals surface area contributed by atoms with Crippen LogP contribution in [0.4, 0.5) is 0 Å². The number of carbonyl (C=O) groups excluding carboxylic acids is 1. The van der Waals surface area contributed by atoms with Gasteiger partial charge < -0.3 is 0 Å². The maximum atomic E-state index is 9.74. The monoisotopic (exact) mass is 168 g/mol. The first kappa shape index (κ1) is 6.95. The molecular formula is C2H5AsO4. The van der Waals surface area contributed by atoms with Gasteiger partial charge in [-0.15, -0.1) is 0 Å².